The fraction of sp³-hybridized carbons (Fsp3) is 0.684. The molecule has 2 N–H and O–H groups in total. The van der Waals surface area contributed by atoms with Crippen molar-refractivity contribution in [3.05, 3.63) is 23.9 Å². The fourth-order valence-corrected chi connectivity index (χ4v) is 2.60. The topological polar surface area (TPSA) is 71.0 Å². The summed E-state index contributed by atoms with van der Waals surface area (Å²) in [5, 5.41) is 6.58. The molecule has 1 aliphatic heterocycles. The summed E-state index contributed by atoms with van der Waals surface area (Å²) in [5.41, 5.74) is 0.840. The summed E-state index contributed by atoms with van der Waals surface area (Å²) in [7, 11) is 1.72. The largest absolute Gasteiger partial charge is 0.377 e. The first kappa shape index (κ1) is 20.5. The zero-order chi connectivity index (χ0) is 19.0. The Morgan fingerprint density at radius 2 is 2.23 bits per heavy atom. The van der Waals surface area contributed by atoms with E-state index in [1.807, 2.05) is 20.0 Å². The van der Waals surface area contributed by atoms with Crippen molar-refractivity contribution in [3.8, 4) is 0 Å². The second-order valence-corrected chi connectivity index (χ2v) is 7.16. The Morgan fingerprint density at radius 3 is 2.85 bits per heavy atom. The molecule has 7 nitrogen and oxygen atoms in total. The Hall–Kier alpha value is -1.86. The summed E-state index contributed by atoms with van der Waals surface area (Å²) in [6.07, 6.45) is 2.15. The van der Waals surface area contributed by atoms with Crippen LogP contribution < -0.4 is 15.5 Å². The normalized spacial score (nSPS) is 18.7. The van der Waals surface area contributed by atoms with Crippen LogP contribution in [-0.2, 0) is 16.0 Å². The Balaban J connectivity index is 1.93. The van der Waals surface area contributed by atoms with Gasteiger partial charge in [-0.1, -0.05) is 6.07 Å². The number of rotatable bonds is 7. The van der Waals surface area contributed by atoms with Crippen molar-refractivity contribution in [2.75, 3.05) is 44.8 Å². The van der Waals surface area contributed by atoms with E-state index in [9.17, 15) is 0 Å². The maximum atomic E-state index is 5.59. The van der Waals surface area contributed by atoms with Crippen molar-refractivity contribution in [2.45, 2.75) is 45.9 Å². The number of aliphatic imine (C=N–C) groups is 1. The van der Waals surface area contributed by atoms with E-state index < -0.39 is 0 Å². The lowest BCUT2D eigenvalue weighted by atomic mass is 10.1. The van der Waals surface area contributed by atoms with Gasteiger partial charge in [-0.3, -0.25) is 0 Å². The van der Waals surface area contributed by atoms with Gasteiger partial charge in [-0.05, 0) is 39.3 Å². The maximum Gasteiger partial charge on any atom is 0.191 e. The number of anilines is 1. The van der Waals surface area contributed by atoms with Gasteiger partial charge >= 0.3 is 0 Å². The third-order valence-electron chi connectivity index (χ3n) is 4.37. The number of morpholine rings is 1. The molecule has 1 aromatic rings. The van der Waals surface area contributed by atoms with Crippen molar-refractivity contribution in [3.63, 3.8) is 0 Å². The summed E-state index contributed by atoms with van der Waals surface area (Å²) in [6, 6.07) is 4.16. The van der Waals surface area contributed by atoms with Crippen LogP contribution >= 0.6 is 0 Å². The summed E-state index contributed by atoms with van der Waals surface area (Å²) in [5.74, 6) is 1.78. The molecule has 1 unspecified atom stereocenters. The molecule has 1 aliphatic rings. The van der Waals surface area contributed by atoms with E-state index in [0.717, 1.165) is 43.6 Å². The SMILES string of the molecule is CCNC(=NCc1ccc(N2CCOC(C)C2)nc1)NCC(C)(C)OC. The zero-order valence-corrected chi connectivity index (χ0v) is 16.7. The highest BCUT2D eigenvalue weighted by atomic mass is 16.5. The number of methoxy groups -OCH3 is 1. The van der Waals surface area contributed by atoms with E-state index in [-0.39, 0.29) is 11.7 Å². The van der Waals surface area contributed by atoms with E-state index in [2.05, 4.69) is 51.5 Å². The van der Waals surface area contributed by atoms with Crippen molar-refractivity contribution >= 4 is 11.8 Å². The Bertz CT molecular complexity index is 574. The predicted molar refractivity (Wildman–Crippen MR) is 106 cm³/mol. The van der Waals surface area contributed by atoms with Gasteiger partial charge in [0.25, 0.3) is 0 Å². The molecule has 2 rings (SSSR count). The van der Waals surface area contributed by atoms with Gasteiger partial charge in [0.2, 0.25) is 0 Å². The smallest absolute Gasteiger partial charge is 0.191 e. The average Bonchev–Trinajstić information content (AvgIpc) is 2.64. The van der Waals surface area contributed by atoms with E-state index in [4.69, 9.17) is 9.47 Å². The highest BCUT2D eigenvalue weighted by Gasteiger charge is 2.18. The molecule has 7 heteroatoms. The van der Waals surface area contributed by atoms with Gasteiger partial charge in [0.1, 0.15) is 5.82 Å². The van der Waals surface area contributed by atoms with Gasteiger partial charge in [-0.25, -0.2) is 9.98 Å². The molecule has 0 radical (unpaired) electrons. The zero-order valence-electron chi connectivity index (χ0n) is 16.7. The van der Waals surface area contributed by atoms with Crippen molar-refractivity contribution < 1.29 is 9.47 Å². The van der Waals surface area contributed by atoms with E-state index >= 15 is 0 Å². The molecule has 1 fully saturated rings. The second-order valence-electron chi connectivity index (χ2n) is 7.16. The van der Waals surface area contributed by atoms with Crippen molar-refractivity contribution in [1.82, 2.24) is 15.6 Å². The average molecular weight is 364 g/mol. The third-order valence-corrected chi connectivity index (χ3v) is 4.37. The Morgan fingerprint density at radius 1 is 1.42 bits per heavy atom. The van der Waals surface area contributed by atoms with Crippen LogP contribution in [0, 0.1) is 0 Å². The number of nitrogens with one attached hydrogen (secondary N) is 2. The number of aromatic nitrogens is 1. The highest BCUT2D eigenvalue weighted by molar-refractivity contribution is 5.79. The summed E-state index contributed by atoms with van der Waals surface area (Å²) in [4.78, 5) is 11.5. The quantitative estimate of drug-likeness (QED) is 0.568. The Kier molecular flexibility index (Phi) is 7.66. The molecular formula is C19H33N5O2. The first-order valence-electron chi connectivity index (χ1n) is 9.32. The molecule has 0 amide bonds. The van der Waals surface area contributed by atoms with Crippen LogP contribution in [0.5, 0.6) is 0 Å². The third kappa shape index (κ3) is 6.46. The maximum absolute atomic E-state index is 5.59. The molecule has 146 valence electrons. The van der Waals surface area contributed by atoms with Crippen molar-refractivity contribution in [1.29, 1.82) is 0 Å². The minimum absolute atomic E-state index is 0.241. The van der Waals surface area contributed by atoms with Crippen LogP contribution in [0.2, 0.25) is 0 Å². The van der Waals surface area contributed by atoms with Crippen LogP contribution in [0.25, 0.3) is 0 Å². The monoisotopic (exact) mass is 363 g/mol. The molecule has 1 atom stereocenters. The summed E-state index contributed by atoms with van der Waals surface area (Å²) in [6.45, 7) is 12.8. The predicted octanol–water partition coefficient (Wildman–Crippen LogP) is 1.79. The number of nitrogens with zero attached hydrogens (tertiary/aromatic N) is 3. The lowest BCUT2D eigenvalue weighted by molar-refractivity contribution is 0.0268. The lowest BCUT2D eigenvalue weighted by Crippen LogP contribution is -2.45. The summed E-state index contributed by atoms with van der Waals surface area (Å²) >= 11 is 0. The standard InChI is InChI=1S/C19H33N5O2/c1-6-20-18(23-14-19(3,4)25-5)22-12-16-7-8-17(21-11-16)24-9-10-26-15(2)13-24/h7-8,11,15H,6,9-10,12-14H2,1-5H3,(H2,20,22,23). The molecule has 1 saturated heterocycles. The number of ether oxygens (including phenoxy) is 2. The van der Waals surface area contributed by atoms with Gasteiger partial charge in [0.15, 0.2) is 5.96 Å². The van der Waals surface area contributed by atoms with E-state index in [0.29, 0.717) is 13.1 Å². The number of guanidine groups is 1. The molecule has 26 heavy (non-hydrogen) atoms. The minimum atomic E-state index is -0.241. The highest BCUT2D eigenvalue weighted by Crippen LogP contribution is 2.15. The van der Waals surface area contributed by atoms with Gasteiger partial charge < -0.3 is 25.0 Å². The number of hydrogen-bond donors (Lipinski definition) is 2. The van der Waals surface area contributed by atoms with Crippen LogP contribution in [-0.4, -0.2) is 62.5 Å². The molecule has 1 aromatic heterocycles. The molecule has 0 aromatic carbocycles. The molecule has 0 bridgehead atoms. The fourth-order valence-electron chi connectivity index (χ4n) is 2.60. The first-order chi connectivity index (χ1) is 12.4. The van der Waals surface area contributed by atoms with Crippen LogP contribution in [0.3, 0.4) is 0 Å². The van der Waals surface area contributed by atoms with Crippen molar-refractivity contribution in [2.24, 2.45) is 4.99 Å². The minimum Gasteiger partial charge on any atom is -0.377 e. The van der Waals surface area contributed by atoms with E-state index in [1.54, 1.807) is 7.11 Å². The van der Waals surface area contributed by atoms with Crippen LogP contribution in [0.15, 0.2) is 23.3 Å². The van der Waals surface area contributed by atoms with Gasteiger partial charge in [-0.15, -0.1) is 0 Å². The second kappa shape index (κ2) is 9.73. The van der Waals surface area contributed by atoms with Crippen LogP contribution in [0.4, 0.5) is 5.82 Å². The summed E-state index contributed by atoms with van der Waals surface area (Å²) < 4.78 is 11.0. The Labute approximate surface area is 157 Å². The molecule has 2 heterocycles. The molecule has 0 spiro atoms. The van der Waals surface area contributed by atoms with Crippen LogP contribution in [0.1, 0.15) is 33.3 Å². The lowest BCUT2D eigenvalue weighted by Gasteiger charge is -2.32. The van der Waals surface area contributed by atoms with Gasteiger partial charge in [0.05, 0.1) is 24.9 Å². The first-order valence-corrected chi connectivity index (χ1v) is 9.32. The number of hydrogen-bond acceptors (Lipinski definition) is 5. The van der Waals surface area contributed by atoms with E-state index in [1.165, 1.54) is 0 Å². The molecule has 0 saturated carbocycles. The van der Waals surface area contributed by atoms with Gasteiger partial charge in [-0.2, -0.15) is 0 Å². The molecular weight excluding hydrogens is 330 g/mol. The molecule has 0 aliphatic carbocycles. The number of pyridine rings is 1. The van der Waals surface area contributed by atoms with Gasteiger partial charge in [0, 0.05) is 39.5 Å².